The largest absolute Gasteiger partial charge is 0.469 e. The predicted molar refractivity (Wildman–Crippen MR) is 65.8 cm³/mol. The lowest BCUT2D eigenvalue weighted by Gasteiger charge is -2.22. The third-order valence-corrected chi connectivity index (χ3v) is 3.15. The van der Waals surface area contributed by atoms with Gasteiger partial charge in [0.15, 0.2) is 0 Å². The van der Waals surface area contributed by atoms with Crippen molar-refractivity contribution in [3.05, 3.63) is 23.7 Å². The lowest BCUT2D eigenvalue weighted by atomic mass is 10.2. The fourth-order valence-corrected chi connectivity index (χ4v) is 2.06. The molecule has 1 fully saturated rings. The summed E-state index contributed by atoms with van der Waals surface area (Å²) in [6.07, 6.45) is 5.45. The summed E-state index contributed by atoms with van der Waals surface area (Å²) in [5, 5.41) is 0. The van der Waals surface area contributed by atoms with Crippen LogP contribution < -0.4 is 5.73 Å². The van der Waals surface area contributed by atoms with Crippen LogP contribution in [-0.4, -0.2) is 29.9 Å². The molecule has 2 rings (SSSR count). The first-order valence-corrected chi connectivity index (χ1v) is 6.35. The second-order valence-corrected chi connectivity index (χ2v) is 4.48. The van der Waals surface area contributed by atoms with Gasteiger partial charge in [0.25, 0.3) is 5.91 Å². The van der Waals surface area contributed by atoms with Crippen LogP contribution >= 0.6 is 0 Å². The van der Waals surface area contributed by atoms with Gasteiger partial charge in [0.2, 0.25) is 0 Å². The Balaban J connectivity index is 2.10. The molecular formula is C13H20N2O2. The molecule has 0 atom stereocenters. The monoisotopic (exact) mass is 236 g/mol. The van der Waals surface area contributed by atoms with Crippen molar-refractivity contribution in [2.75, 3.05) is 13.1 Å². The van der Waals surface area contributed by atoms with Crippen molar-refractivity contribution in [1.29, 1.82) is 0 Å². The lowest BCUT2D eigenvalue weighted by Crippen LogP contribution is -2.35. The Morgan fingerprint density at radius 3 is 2.94 bits per heavy atom. The highest BCUT2D eigenvalue weighted by Crippen LogP contribution is 2.29. The first-order chi connectivity index (χ1) is 8.27. The molecule has 0 aromatic carbocycles. The smallest absolute Gasteiger partial charge is 0.257 e. The Hall–Kier alpha value is -1.29. The number of carbonyl (C=O) groups excluding carboxylic acids is 1. The van der Waals surface area contributed by atoms with E-state index in [2.05, 4.69) is 0 Å². The van der Waals surface area contributed by atoms with Crippen molar-refractivity contribution in [2.24, 2.45) is 5.73 Å². The zero-order chi connectivity index (χ0) is 12.3. The number of aryl methyl sites for hydroxylation is 1. The molecule has 2 N–H and O–H groups in total. The number of amides is 1. The SMILES string of the molecule is CCc1occc1C(=O)N(CCCN)C1CC1. The Kier molecular flexibility index (Phi) is 3.84. The molecule has 0 radical (unpaired) electrons. The minimum absolute atomic E-state index is 0.103. The van der Waals surface area contributed by atoms with Crippen LogP contribution in [0, 0.1) is 0 Å². The van der Waals surface area contributed by atoms with Crippen molar-refractivity contribution in [3.8, 4) is 0 Å². The van der Waals surface area contributed by atoms with Crippen molar-refractivity contribution < 1.29 is 9.21 Å². The van der Waals surface area contributed by atoms with Crippen LogP contribution in [0.25, 0.3) is 0 Å². The average molecular weight is 236 g/mol. The average Bonchev–Trinajstić information content (AvgIpc) is 3.06. The van der Waals surface area contributed by atoms with E-state index in [0.29, 0.717) is 12.6 Å². The van der Waals surface area contributed by atoms with E-state index in [-0.39, 0.29) is 5.91 Å². The maximum Gasteiger partial charge on any atom is 0.257 e. The van der Waals surface area contributed by atoms with Gasteiger partial charge in [-0.05, 0) is 31.9 Å². The van der Waals surface area contributed by atoms with E-state index in [1.165, 1.54) is 0 Å². The van der Waals surface area contributed by atoms with E-state index < -0.39 is 0 Å². The summed E-state index contributed by atoms with van der Waals surface area (Å²) in [4.78, 5) is 14.4. The van der Waals surface area contributed by atoms with Crippen LogP contribution in [0.3, 0.4) is 0 Å². The van der Waals surface area contributed by atoms with Gasteiger partial charge >= 0.3 is 0 Å². The van der Waals surface area contributed by atoms with Crippen LogP contribution in [-0.2, 0) is 6.42 Å². The predicted octanol–water partition coefficient (Wildman–Crippen LogP) is 1.80. The zero-order valence-electron chi connectivity index (χ0n) is 10.3. The highest BCUT2D eigenvalue weighted by Gasteiger charge is 2.33. The number of nitrogens with two attached hydrogens (primary N) is 1. The third-order valence-electron chi connectivity index (χ3n) is 3.15. The lowest BCUT2D eigenvalue weighted by molar-refractivity contribution is 0.0740. The van der Waals surface area contributed by atoms with E-state index in [1.807, 2.05) is 11.8 Å². The summed E-state index contributed by atoms with van der Waals surface area (Å²) in [5.41, 5.74) is 6.23. The molecule has 1 heterocycles. The Morgan fingerprint density at radius 1 is 1.59 bits per heavy atom. The second kappa shape index (κ2) is 5.36. The fraction of sp³-hybridized carbons (Fsp3) is 0.615. The zero-order valence-corrected chi connectivity index (χ0v) is 10.3. The van der Waals surface area contributed by atoms with Crippen molar-refractivity contribution in [3.63, 3.8) is 0 Å². The molecule has 4 heteroatoms. The summed E-state index contributed by atoms with van der Waals surface area (Å²) in [6.45, 7) is 3.38. The topological polar surface area (TPSA) is 59.5 Å². The Labute approximate surface area is 102 Å². The van der Waals surface area contributed by atoms with Gasteiger partial charge in [0, 0.05) is 19.0 Å². The van der Waals surface area contributed by atoms with Crippen LogP contribution in [0.1, 0.15) is 42.3 Å². The van der Waals surface area contributed by atoms with Gasteiger partial charge in [-0.25, -0.2) is 0 Å². The Bertz CT molecular complexity index is 383. The molecule has 0 saturated heterocycles. The summed E-state index contributed by atoms with van der Waals surface area (Å²) in [7, 11) is 0. The maximum atomic E-state index is 12.4. The highest BCUT2D eigenvalue weighted by atomic mass is 16.3. The van der Waals surface area contributed by atoms with E-state index in [4.69, 9.17) is 10.2 Å². The molecule has 1 aliphatic carbocycles. The van der Waals surface area contributed by atoms with Gasteiger partial charge in [0.05, 0.1) is 11.8 Å². The van der Waals surface area contributed by atoms with Crippen molar-refractivity contribution in [2.45, 2.75) is 38.6 Å². The molecule has 0 bridgehead atoms. The van der Waals surface area contributed by atoms with Crippen LogP contribution in [0.15, 0.2) is 16.7 Å². The number of nitrogens with zero attached hydrogens (tertiary/aromatic N) is 1. The summed E-state index contributed by atoms with van der Waals surface area (Å²) < 4.78 is 5.32. The van der Waals surface area contributed by atoms with Gasteiger partial charge in [-0.15, -0.1) is 0 Å². The number of furan rings is 1. The third kappa shape index (κ3) is 2.69. The maximum absolute atomic E-state index is 12.4. The van der Waals surface area contributed by atoms with Gasteiger partial charge in [0.1, 0.15) is 5.76 Å². The van der Waals surface area contributed by atoms with Gasteiger partial charge < -0.3 is 15.1 Å². The molecule has 17 heavy (non-hydrogen) atoms. The number of rotatable bonds is 6. The molecule has 1 aromatic rings. The van der Waals surface area contributed by atoms with Gasteiger partial charge in [-0.2, -0.15) is 0 Å². The van der Waals surface area contributed by atoms with Crippen molar-refractivity contribution in [1.82, 2.24) is 4.90 Å². The first-order valence-electron chi connectivity index (χ1n) is 6.35. The van der Waals surface area contributed by atoms with Crippen LogP contribution in [0.2, 0.25) is 0 Å². The van der Waals surface area contributed by atoms with E-state index >= 15 is 0 Å². The molecular weight excluding hydrogens is 216 g/mol. The molecule has 94 valence electrons. The highest BCUT2D eigenvalue weighted by molar-refractivity contribution is 5.95. The standard InChI is InChI=1S/C13H20N2O2/c1-2-12-11(6-9-17-12)13(16)15(8-3-7-14)10-4-5-10/h6,9-10H,2-5,7-8,14H2,1H3. The van der Waals surface area contributed by atoms with Crippen LogP contribution in [0.4, 0.5) is 0 Å². The first kappa shape index (κ1) is 12.2. The van der Waals surface area contributed by atoms with E-state index in [0.717, 1.165) is 43.6 Å². The van der Waals surface area contributed by atoms with E-state index in [1.54, 1.807) is 12.3 Å². The Morgan fingerprint density at radius 2 is 2.35 bits per heavy atom. The van der Waals surface area contributed by atoms with Gasteiger partial charge in [-0.1, -0.05) is 6.92 Å². The number of carbonyl (C=O) groups is 1. The molecule has 1 aliphatic rings. The fourth-order valence-electron chi connectivity index (χ4n) is 2.06. The summed E-state index contributed by atoms with van der Waals surface area (Å²) in [6, 6.07) is 2.20. The van der Waals surface area contributed by atoms with Crippen LogP contribution in [0.5, 0.6) is 0 Å². The number of hydrogen-bond acceptors (Lipinski definition) is 3. The summed E-state index contributed by atoms with van der Waals surface area (Å²) >= 11 is 0. The normalized spacial score (nSPS) is 14.9. The number of hydrogen-bond donors (Lipinski definition) is 1. The molecule has 4 nitrogen and oxygen atoms in total. The quantitative estimate of drug-likeness (QED) is 0.819. The second-order valence-electron chi connectivity index (χ2n) is 4.48. The molecule has 1 amide bonds. The molecule has 0 aliphatic heterocycles. The van der Waals surface area contributed by atoms with E-state index in [9.17, 15) is 4.79 Å². The molecule has 0 unspecified atom stereocenters. The van der Waals surface area contributed by atoms with Crippen molar-refractivity contribution >= 4 is 5.91 Å². The molecule has 1 aromatic heterocycles. The molecule has 1 saturated carbocycles. The molecule has 0 spiro atoms. The minimum atomic E-state index is 0.103. The van der Waals surface area contributed by atoms with Gasteiger partial charge in [-0.3, -0.25) is 4.79 Å². The summed E-state index contributed by atoms with van der Waals surface area (Å²) in [5.74, 6) is 0.889. The minimum Gasteiger partial charge on any atom is -0.469 e.